The Bertz CT molecular complexity index is 455. The number of amides is 1. The molecule has 1 aromatic rings. The van der Waals surface area contributed by atoms with E-state index in [0.29, 0.717) is 18.6 Å². The third kappa shape index (κ3) is 4.35. The number of benzene rings is 1. The SMILES string of the molecule is CCC(C)C(NC(=O)c1ccc(COC)cc1)C(=O)O. The summed E-state index contributed by atoms with van der Waals surface area (Å²) >= 11 is 0. The van der Waals surface area contributed by atoms with Crippen molar-refractivity contribution in [1.82, 2.24) is 5.32 Å². The Labute approximate surface area is 118 Å². The lowest BCUT2D eigenvalue weighted by Gasteiger charge is -2.20. The zero-order valence-electron chi connectivity index (χ0n) is 12.1. The zero-order chi connectivity index (χ0) is 15.1. The number of hydrogen-bond donors (Lipinski definition) is 2. The fourth-order valence-electron chi connectivity index (χ4n) is 1.83. The van der Waals surface area contributed by atoms with Crippen molar-refractivity contribution in [3.63, 3.8) is 0 Å². The maximum atomic E-state index is 12.0. The van der Waals surface area contributed by atoms with Gasteiger partial charge in [-0.1, -0.05) is 32.4 Å². The molecule has 1 aromatic carbocycles. The van der Waals surface area contributed by atoms with E-state index >= 15 is 0 Å². The van der Waals surface area contributed by atoms with Crippen molar-refractivity contribution in [2.75, 3.05) is 7.11 Å². The second kappa shape index (κ2) is 7.65. The molecule has 0 saturated heterocycles. The molecule has 0 aliphatic carbocycles. The van der Waals surface area contributed by atoms with E-state index < -0.39 is 12.0 Å². The minimum atomic E-state index is -1.01. The number of aliphatic carboxylic acids is 1. The first-order chi connectivity index (χ1) is 9.49. The Hall–Kier alpha value is -1.88. The van der Waals surface area contributed by atoms with Gasteiger partial charge in [-0.2, -0.15) is 0 Å². The van der Waals surface area contributed by atoms with Gasteiger partial charge < -0.3 is 15.2 Å². The largest absolute Gasteiger partial charge is 0.480 e. The first-order valence-corrected chi connectivity index (χ1v) is 6.61. The van der Waals surface area contributed by atoms with Crippen LogP contribution in [0.3, 0.4) is 0 Å². The number of hydrogen-bond acceptors (Lipinski definition) is 3. The second-order valence-corrected chi connectivity index (χ2v) is 4.80. The van der Waals surface area contributed by atoms with E-state index in [-0.39, 0.29) is 11.8 Å². The van der Waals surface area contributed by atoms with Crippen LogP contribution in [0.25, 0.3) is 0 Å². The standard InChI is InChI=1S/C15H21NO4/c1-4-10(2)13(15(18)19)16-14(17)12-7-5-11(6-8-12)9-20-3/h5-8,10,13H,4,9H2,1-3H3,(H,16,17)(H,18,19). The molecular weight excluding hydrogens is 258 g/mol. The highest BCUT2D eigenvalue weighted by molar-refractivity contribution is 5.96. The quantitative estimate of drug-likeness (QED) is 0.801. The van der Waals surface area contributed by atoms with Gasteiger partial charge in [-0.3, -0.25) is 4.79 Å². The lowest BCUT2D eigenvalue weighted by molar-refractivity contribution is -0.140. The summed E-state index contributed by atoms with van der Waals surface area (Å²) in [5, 5.41) is 11.7. The molecule has 1 rings (SSSR count). The van der Waals surface area contributed by atoms with Crippen LogP contribution in [0.2, 0.25) is 0 Å². The molecule has 0 heterocycles. The number of carbonyl (C=O) groups is 2. The summed E-state index contributed by atoms with van der Waals surface area (Å²) in [6, 6.07) is 6.04. The van der Waals surface area contributed by atoms with Gasteiger partial charge in [-0.15, -0.1) is 0 Å². The summed E-state index contributed by atoms with van der Waals surface area (Å²) in [4.78, 5) is 23.2. The summed E-state index contributed by atoms with van der Waals surface area (Å²) < 4.78 is 4.99. The number of carbonyl (C=O) groups excluding carboxylic acids is 1. The van der Waals surface area contributed by atoms with Crippen molar-refractivity contribution in [1.29, 1.82) is 0 Å². The molecule has 5 heteroatoms. The van der Waals surface area contributed by atoms with Gasteiger partial charge in [0.05, 0.1) is 6.61 Å². The Balaban J connectivity index is 2.76. The van der Waals surface area contributed by atoms with Gasteiger partial charge in [0.2, 0.25) is 0 Å². The molecule has 0 aromatic heterocycles. The number of ether oxygens (including phenoxy) is 1. The van der Waals surface area contributed by atoms with Gasteiger partial charge in [0, 0.05) is 12.7 Å². The van der Waals surface area contributed by atoms with Crippen LogP contribution in [-0.2, 0) is 16.1 Å². The molecule has 0 bridgehead atoms. The van der Waals surface area contributed by atoms with Crippen molar-refractivity contribution in [2.24, 2.45) is 5.92 Å². The van der Waals surface area contributed by atoms with Crippen molar-refractivity contribution in [3.8, 4) is 0 Å². The van der Waals surface area contributed by atoms with Crippen molar-refractivity contribution >= 4 is 11.9 Å². The summed E-state index contributed by atoms with van der Waals surface area (Å²) in [6.07, 6.45) is 0.685. The third-order valence-electron chi connectivity index (χ3n) is 3.29. The lowest BCUT2D eigenvalue weighted by Crippen LogP contribution is -2.45. The van der Waals surface area contributed by atoms with Crippen LogP contribution in [0.4, 0.5) is 0 Å². The van der Waals surface area contributed by atoms with Gasteiger partial charge >= 0.3 is 5.97 Å². The predicted molar refractivity (Wildman–Crippen MR) is 75.5 cm³/mol. The van der Waals surface area contributed by atoms with Crippen LogP contribution in [0.1, 0.15) is 36.2 Å². The fraction of sp³-hybridized carbons (Fsp3) is 0.467. The highest BCUT2D eigenvalue weighted by atomic mass is 16.5. The Morgan fingerprint density at radius 2 is 1.90 bits per heavy atom. The van der Waals surface area contributed by atoms with Crippen LogP contribution in [0.15, 0.2) is 24.3 Å². The fourth-order valence-corrected chi connectivity index (χ4v) is 1.83. The molecule has 0 spiro atoms. The molecule has 2 N–H and O–H groups in total. The maximum Gasteiger partial charge on any atom is 0.326 e. The zero-order valence-corrected chi connectivity index (χ0v) is 12.1. The molecular formula is C15H21NO4. The first-order valence-electron chi connectivity index (χ1n) is 6.61. The number of carboxylic acids is 1. The molecule has 0 fully saturated rings. The van der Waals surface area contributed by atoms with Crippen LogP contribution in [-0.4, -0.2) is 30.1 Å². The van der Waals surface area contributed by atoms with Gasteiger partial charge in [0.1, 0.15) is 6.04 Å². The van der Waals surface area contributed by atoms with Crippen LogP contribution in [0.5, 0.6) is 0 Å². The molecule has 0 aliphatic heterocycles. The van der Waals surface area contributed by atoms with E-state index in [1.165, 1.54) is 0 Å². The first kappa shape index (κ1) is 16.2. The normalized spacial score (nSPS) is 13.6. The molecule has 2 atom stereocenters. The van der Waals surface area contributed by atoms with Crippen molar-refractivity contribution in [2.45, 2.75) is 32.9 Å². The van der Waals surface area contributed by atoms with E-state index in [1.807, 2.05) is 6.92 Å². The van der Waals surface area contributed by atoms with Gasteiger partial charge in [0.15, 0.2) is 0 Å². The number of methoxy groups -OCH3 is 1. The van der Waals surface area contributed by atoms with Crippen LogP contribution < -0.4 is 5.32 Å². The van der Waals surface area contributed by atoms with Gasteiger partial charge in [0.25, 0.3) is 5.91 Å². The summed E-state index contributed by atoms with van der Waals surface area (Å²) in [7, 11) is 1.60. The molecule has 0 saturated carbocycles. The lowest BCUT2D eigenvalue weighted by atomic mass is 9.99. The number of nitrogens with one attached hydrogen (secondary N) is 1. The van der Waals surface area contributed by atoms with Gasteiger partial charge in [-0.25, -0.2) is 4.79 Å². The van der Waals surface area contributed by atoms with E-state index in [9.17, 15) is 9.59 Å². The summed E-state index contributed by atoms with van der Waals surface area (Å²) in [5.41, 5.74) is 1.40. The Morgan fingerprint density at radius 3 is 2.35 bits per heavy atom. The average Bonchev–Trinajstić information content (AvgIpc) is 2.44. The summed E-state index contributed by atoms with van der Waals surface area (Å²) in [5.74, 6) is -1.51. The predicted octanol–water partition coefficient (Wildman–Crippen LogP) is 2.06. The molecule has 20 heavy (non-hydrogen) atoms. The maximum absolute atomic E-state index is 12.0. The van der Waals surface area contributed by atoms with E-state index in [2.05, 4.69) is 5.32 Å². The minimum Gasteiger partial charge on any atom is -0.480 e. The Kier molecular flexibility index (Phi) is 6.18. The average molecular weight is 279 g/mol. The molecule has 0 aliphatic rings. The molecule has 0 radical (unpaired) electrons. The van der Waals surface area contributed by atoms with Crippen LogP contribution in [0, 0.1) is 5.92 Å². The number of carboxylic acid groups (broad SMARTS) is 1. The summed E-state index contributed by atoms with van der Waals surface area (Å²) in [6.45, 7) is 4.18. The monoisotopic (exact) mass is 279 g/mol. The smallest absolute Gasteiger partial charge is 0.326 e. The molecule has 2 unspecified atom stereocenters. The minimum absolute atomic E-state index is 0.121. The van der Waals surface area contributed by atoms with E-state index in [4.69, 9.17) is 9.84 Å². The molecule has 5 nitrogen and oxygen atoms in total. The highest BCUT2D eigenvalue weighted by Crippen LogP contribution is 2.10. The van der Waals surface area contributed by atoms with Gasteiger partial charge in [-0.05, 0) is 23.6 Å². The van der Waals surface area contributed by atoms with Crippen LogP contribution >= 0.6 is 0 Å². The second-order valence-electron chi connectivity index (χ2n) is 4.80. The topological polar surface area (TPSA) is 75.6 Å². The third-order valence-corrected chi connectivity index (χ3v) is 3.29. The van der Waals surface area contributed by atoms with Crippen molar-refractivity contribution in [3.05, 3.63) is 35.4 Å². The molecule has 1 amide bonds. The van der Waals surface area contributed by atoms with E-state index in [1.54, 1.807) is 38.3 Å². The highest BCUT2D eigenvalue weighted by Gasteiger charge is 2.25. The Morgan fingerprint density at radius 1 is 1.30 bits per heavy atom. The van der Waals surface area contributed by atoms with E-state index in [0.717, 1.165) is 5.56 Å². The van der Waals surface area contributed by atoms with Crippen molar-refractivity contribution < 1.29 is 19.4 Å². The number of rotatable bonds is 7. The molecule has 110 valence electrons.